The highest BCUT2D eigenvalue weighted by Crippen LogP contribution is 2.15. The van der Waals surface area contributed by atoms with Gasteiger partial charge in [0.1, 0.15) is 0 Å². The molecule has 2 rings (SSSR count). The molecule has 0 aliphatic carbocycles. The summed E-state index contributed by atoms with van der Waals surface area (Å²) in [7, 11) is 1.85. The summed E-state index contributed by atoms with van der Waals surface area (Å²) >= 11 is 5.49. The average molecular weight is 348 g/mol. The summed E-state index contributed by atoms with van der Waals surface area (Å²) in [6.45, 7) is 8.58. The van der Waals surface area contributed by atoms with Crippen molar-refractivity contribution in [2.24, 2.45) is 0 Å². The largest absolute Gasteiger partial charge is 0.353 e. The molecule has 1 amide bonds. The summed E-state index contributed by atoms with van der Waals surface area (Å²) in [6.07, 6.45) is 0. The number of rotatable bonds is 6. The van der Waals surface area contributed by atoms with Crippen molar-refractivity contribution in [1.29, 1.82) is 0 Å². The normalized spacial score (nSPS) is 11.3. The number of hydrogen-bond acceptors (Lipinski definition) is 5. The third-order valence-corrected chi connectivity index (χ3v) is 3.85. The summed E-state index contributed by atoms with van der Waals surface area (Å²) in [5.74, 6) is -0.0269. The lowest BCUT2D eigenvalue weighted by Gasteiger charge is -2.16. The lowest BCUT2D eigenvalue weighted by Crippen LogP contribution is -2.39. The van der Waals surface area contributed by atoms with Gasteiger partial charge in [-0.2, -0.15) is 4.68 Å². The molecule has 0 bridgehead atoms. The lowest BCUT2D eigenvalue weighted by molar-refractivity contribution is -0.122. The van der Waals surface area contributed by atoms with Gasteiger partial charge in [0.25, 0.3) is 0 Å². The van der Waals surface area contributed by atoms with Crippen LogP contribution in [0.25, 0.3) is 5.69 Å². The maximum Gasteiger partial charge on any atom is 0.234 e. The van der Waals surface area contributed by atoms with Gasteiger partial charge in [0.15, 0.2) is 0 Å². The van der Waals surface area contributed by atoms with E-state index in [1.807, 2.05) is 57.8 Å². The van der Waals surface area contributed by atoms with Crippen molar-refractivity contribution >= 4 is 18.1 Å². The van der Waals surface area contributed by atoms with Crippen LogP contribution in [0.2, 0.25) is 0 Å². The predicted octanol–water partition coefficient (Wildman–Crippen LogP) is 1.83. The van der Waals surface area contributed by atoms with E-state index in [2.05, 4.69) is 15.7 Å². The van der Waals surface area contributed by atoms with Gasteiger partial charge in [0.05, 0.1) is 18.9 Å². The number of hydrogen-bond donors (Lipinski definition) is 1. The molecule has 1 N–H and O–H groups in total. The quantitative estimate of drug-likeness (QED) is 0.807. The third kappa shape index (κ3) is 4.48. The molecule has 2 aromatic rings. The highest BCUT2D eigenvalue weighted by Gasteiger charge is 2.12. The molecule has 0 saturated carbocycles. The van der Waals surface area contributed by atoms with Gasteiger partial charge in [-0.25, -0.2) is 4.68 Å². The van der Waals surface area contributed by atoms with Crippen LogP contribution in [-0.2, 0) is 11.5 Å². The summed E-state index contributed by atoms with van der Waals surface area (Å²) in [4.78, 5) is 13.7. The average Bonchev–Trinajstić information content (AvgIpc) is 2.81. The first kappa shape index (κ1) is 18.3. The van der Waals surface area contributed by atoms with E-state index in [0.717, 1.165) is 16.8 Å². The van der Waals surface area contributed by atoms with Crippen LogP contribution in [0.4, 0.5) is 0 Å². The van der Waals surface area contributed by atoms with Gasteiger partial charge in [0, 0.05) is 6.04 Å². The molecule has 8 heteroatoms. The van der Waals surface area contributed by atoms with E-state index in [4.69, 9.17) is 12.2 Å². The Morgan fingerprint density at radius 2 is 2.04 bits per heavy atom. The Bertz CT molecular complexity index is 779. The topological polar surface area (TPSA) is 68.0 Å². The van der Waals surface area contributed by atoms with Gasteiger partial charge < -0.3 is 5.32 Å². The summed E-state index contributed by atoms with van der Waals surface area (Å²) in [6, 6.07) is 6.24. The molecule has 130 valence electrons. The van der Waals surface area contributed by atoms with Gasteiger partial charge in [-0.05, 0) is 74.6 Å². The second kappa shape index (κ2) is 7.67. The van der Waals surface area contributed by atoms with Crippen LogP contribution >= 0.6 is 12.2 Å². The number of carbonyl (C=O) groups excluding carboxylic acids is 1. The van der Waals surface area contributed by atoms with Crippen LogP contribution in [0.15, 0.2) is 18.2 Å². The highest BCUT2D eigenvalue weighted by atomic mass is 32.1. The standard InChI is InChI=1S/C16H24N6OS/c1-11(2)17-15(23)9-20(5)10-21-16(24)22(19-18-21)14-8-12(3)6-7-13(14)4/h6-8,11H,9-10H2,1-5H3,(H,17,23). The van der Waals surface area contributed by atoms with Gasteiger partial charge in [-0.3, -0.25) is 9.69 Å². The molecule has 0 aliphatic heterocycles. The molecule has 0 unspecified atom stereocenters. The molecule has 0 aliphatic rings. The number of aromatic nitrogens is 4. The molecule has 0 saturated heterocycles. The molecule has 1 aromatic carbocycles. The number of nitrogens with one attached hydrogen (secondary N) is 1. The highest BCUT2D eigenvalue weighted by molar-refractivity contribution is 7.71. The Morgan fingerprint density at radius 3 is 2.71 bits per heavy atom. The first-order valence-corrected chi connectivity index (χ1v) is 8.27. The van der Waals surface area contributed by atoms with Crippen molar-refractivity contribution in [3.05, 3.63) is 34.1 Å². The van der Waals surface area contributed by atoms with E-state index in [1.54, 1.807) is 9.36 Å². The molecule has 0 radical (unpaired) electrons. The molecule has 24 heavy (non-hydrogen) atoms. The first-order valence-electron chi connectivity index (χ1n) is 7.86. The third-order valence-electron chi connectivity index (χ3n) is 3.47. The lowest BCUT2D eigenvalue weighted by atomic mass is 10.1. The maximum atomic E-state index is 11.8. The SMILES string of the molecule is Cc1ccc(C)c(-n2nnn(CN(C)CC(=O)NC(C)C)c2=S)c1. The summed E-state index contributed by atoms with van der Waals surface area (Å²) < 4.78 is 3.76. The molecule has 0 spiro atoms. The monoisotopic (exact) mass is 348 g/mol. The second-order valence-electron chi connectivity index (χ2n) is 6.34. The Labute approximate surface area is 147 Å². The smallest absolute Gasteiger partial charge is 0.234 e. The Hall–Kier alpha value is -2.06. The van der Waals surface area contributed by atoms with E-state index >= 15 is 0 Å². The number of aryl methyl sites for hydroxylation is 2. The van der Waals surface area contributed by atoms with Crippen molar-refractivity contribution in [2.45, 2.75) is 40.4 Å². The van der Waals surface area contributed by atoms with Crippen molar-refractivity contribution in [2.75, 3.05) is 13.6 Å². The Morgan fingerprint density at radius 1 is 1.33 bits per heavy atom. The number of tetrazole rings is 1. The van der Waals surface area contributed by atoms with Crippen molar-refractivity contribution in [3.8, 4) is 5.69 Å². The van der Waals surface area contributed by atoms with Crippen LogP contribution in [0.3, 0.4) is 0 Å². The minimum atomic E-state index is -0.0269. The van der Waals surface area contributed by atoms with E-state index < -0.39 is 0 Å². The summed E-state index contributed by atoms with van der Waals surface area (Å²) in [5.41, 5.74) is 3.13. The molecule has 1 aromatic heterocycles. The number of benzene rings is 1. The number of amides is 1. The van der Waals surface area contributed by atoms with Crippen LogP contribution in [0, 0.1) is 18.6 Å². The predicted molar refractivity (Wildman–Crippen MR) is 95.6 cm³/mol. The molecule has 0 atom stereocenters. The van der Waals surface area contributed by atoms with Crippen LogP contribution in [0.1, 0.15) is 25.0 Å². The van der Waals surface area contributed by atoms with E-state index in [1.165, 1.54) is 0 Å². The van der Waals surface area contributed by atoms with Crippen LogP contribution in [-0.4, -0.2) is 50.2 Å². The summed E-state index contributed by atoms with van der Waals surface area (Å²) in [5, 5.41) is 11.2. The van der Waals surface area contributed by atoms with Crippen molar-refractivity contribution < 1.29 is 4.79 Å². The minimum absolute atomic E-state index is 0.0269. The zero-order chi connectivity index (χ0) is 17.9. The second-order valence-corrected chi connectivity index (χ2v) is 6.71. The zero-order valence-electron chi connectivity index (χ0n) is 14.8. The number of likely N-dealkylation sites (N-methyl/N-ethyl adjacent to an activating group) is 1. The fourth-order valence-electron chi connectivity index (χ4n) is 2.35. The van der Waals surface area contributed by atoms with E-state index in [9.17, 15) is 4.79 Å². The van der Waals surface area contributed by atoms with Gasteiger partial charge in [-0.1, -0.05) is 12.1 Å². The first-order chi connectivity index (χ1) is 11.3. The van der Waals surface area contributed by atoms with E-state index in [-0.39, 0.29) is 18.5 Å². The van der Waals surface area contributed by atoms with Gasteiger partial charge in [0.2, 0.25) is 10.7 Å². The number of nitrogens with zero attached hydrogens (tertiary/aromatic N) is 5. The molecule has 0 fully saturated rings. The van der Waals surface area contributed by atoms with Crippen LogP contribution < -0.4 is 5.32 Å². The van der Waals surface area contributed by atoms with Crippen molar-refractivity contribution in [1.82, 2.24) is 30.0 Å². The van der Waals surface area contributed by atoms with Gasteiger partial charge in [-0.15, -0.1) is 0 Å². The molecular weight excluding hydrogens is 324 g/mol. The molecule has 1 heterocycles. The fraction of sp³-hybridized carbons (Fsp3) is 0.500. The van der Waals surface area contributed by atoms with Gasteiger partial charge >= 0.3 is 0 Å². The van der Waals surface area contributed by atoms with Crippen molar-refractivity contribution in [3.63, 3.8) is 0 Å². The minimum Gasteiger partial charge on any atom is -0.353 e. The fourth-order valence-corrected chi connectivity index (χ4v) is 2.58. The Balaban J connectivity index is 2.14. The zero-order valence-corrected chi connectivity index (χ0v) is 15.6. The maximum absolute atomic E-state index is 11.8. The van der Waals surface area contributed by atoms with Crippen LogP contribution in [0.5, 0.6) is 0 Å². The Kier molecular flexibility index (Phi) is 5.84. The molecular formula is C16H24N6OS. The molecule has 7 nitrogen and oxygen atoms in total. The van der Waals surface area contributed by atoms with E-state index in [0.29, 0.717) is 11.4 Å². The number of carbonyl (C=O) groups is 1.